The third kappa shape index (κ3) is 6.99. The number of amides is 1. The number of carbonyl (C=O) groups is 1. The van der Waals surface area contributed by atoms with Gasteiger partial charge in [-0.15, -0.1) is 10.2 Å². The van der Waals surface area contributed by atoms with Crippen molar-refractivity contribution in [2.24, 2.45) is 0 Å². The molecule has 5 nitrogen and oxygen atoms in total. The summed E-state index contributed by atoms with van der Waals surface area (Å²) in [5.41, 5.74) is 3.11. The number of hydrogen-bond acceptors (Lipinski definition) is 4. The lowest BCUT2D eigenvalue weighted by Crippen LogP contribution is -2.24. The lowest BCUT2D eigenvalue weighted by molar-refractivity contribution is -0.121. The van der Waals surface area contributed by atoms with Gasteiger partial charge < -0.3 is 5.32 Å². The van der Waals surface area contributed by atoms with E-state index in [1.807, 2.05) is 10.6 Å². The summed E-state index contributed by atoms with van der Waals surface area (Å²) < 4.78 is 1.88. The average molecular weight is 491 g/mol. The van der Waals surface area contributed by atoms with Gasteiger partial charge in [-0.1, -0.05) is 91.0 Å². The van der Waals surface area contributed by atoms with Gasteiger partial charge in [-0.25, -0.2) is 0 Å². The molecule has 0 bridgehead atoms. The molecule has 0 fully saturated rings. The molecular weight excluding hydrogens is 463 g/mol. The number of benzene rings is 2. The molecule has 0 atom stereocenters. The zero-order valence-electron chi connectivity index (χ0n) is 18.4. The Hall–Kier alpha value is -2.02. The number of halogens is 2. The minimum Gasteiger partial charge on any atom is -0.349 e. The van der Waals surface area contributed by atoms with Crippen LogP contribution in [0.15, 0.2) is 47.6 Å². The summed E-state index contributed by atoms with van der Waals surface area (Å²) in [6, 6.07) is 13.7. The summed E-state index contributed by atoms with van der Waals surface area (Å²) >= 11 is 14.3. The number of nitrogens with zero attached hydrogens (tertiary/aromatic N) is 3. The van der Waals surface area contributed by atoms with Crippen molar-refractivity contribution < 1.29 is 4.79 Å². The molecule has 3 rings (SSSR count). The standard InChI is InChI=1S/C24H28Cl2N4OS/c1-3-4-5-6-10-23(31)27-15-22-28-29-24(32-16-18-9-7-8-17(2)13-18)30(22)21-14-19(25)11-12-20(21)26/h7-9,11-14H,3-6,10,15-16H2,1-2H3,(H,27,31). The Balaban J connectivity index is 1.79. The predicted octanol–water partition coefficient (Wildman–Crippen LogP) is 6.76. The van der Waals surface area contributed by atoms with Gasteiger partial charge in [-0.2, -0.15) is 0 Å². The molecule has 0 aliphatic carbocycles. The Kier molecular flexibility index (Phi) is 9.45. The highest BCUT2D eigenvalue weighted by atomic mass is 35.5. The summed E-state index contributed by atoms with van der Waals surface area (Å²) in [7, 11) is 0. The van der Waals surface area contributed by atoms with Crippen molar-refractivity contribution >= 4 is 40.9 Å². The monoisotopic (exact) mass is 490 g/mol. The molecule has 3 aromatic rings. The maximum Gasteiger partial charge on any atom is 0.220 e. The minimum atomic E-state index is 0.0156. The molecule has 0 radical (unpaired) electrons. The van der Waals surface area contributed by atoms with E-state index in [1.165, 1.54) is 11.1 Å². The van der Waals surface area contributed by atoms with Crippen LogP contribution in [-0.2, 0) is 17.1 Å². The number of thioether (sulfide) groups is 1. The van der Waals surface area contributed by atoms with Gasteiger partial charge in [0.1, 0.15) is 0 Å². The van der Waals surface area contributed by atoms with E-state index in [1.54, 1.807) is 30.0 Å². The Morgan fingerprint density at radius 3 is 2.72 bits per heavy atom. The Morgan fingerprint density at radius 1 is 1.09 bits per heavy atom. The largest absolute Gasteiger partial charge is 0.349 e. The van der Waals surface area contributed by atoms with Gasteiger partial charge in [0, 0.05) is 17.2 Å². The van der Waals surface area contributed by atoms with E-state index in [4.69, 9.17) is 23.2 Å². The van der Waals surface area contributed by atoms with Crippen LogP contribution < -0.4 is 5.32 Å². The third-order valence-corrected chi connectivity index (χ3v) is 6.56. The molecular formula is C24H28Cl2N4OS. The molecule has 0 saturated carbocycles. The number of nitrogens with one attached hydrogen (secondary N) is 1. The summed E-state index contributed by atoms with van der Waals surface area (Å²) in [6.07, 6.45) is 4.77. The fourth-order valence-corrected chi connectivity index (χ4v) is 4.61. The lowest BCUT2D eigenvalue weighted by Gasteiger charge is -2.13. The number of hydrogen-bond donors (Lipinski definition) is 1. The van der Waals surface area contributed by atoms with Crippen LogP contribution in [0.4, 0.5) is 0 Å². The van der Waals surface area contributed by atoms with Crippen LogP contribution in [0.3, 0.4) is 0 Å². The quantitative estimate of drug-likeness (QED) is 0.238. The normalized spacial score (nSPS) is 11.0. The molecule has 0 aliphatic heterocycles. The van der Waals surface area contributed by atoms with Crippen molar-refractivity contribution in [3.05, 3.63) is 69.5 Å². The molecule has 1 heterocycles. The van der Waals surface area contributed by atoms with Crippen LogP contribution in [0.1, 0.15) is 56.0 Å². The summed E-state index contributed by atoms with van der Waals surface area (Å²) in [4.78, 5) is 12.3. The maximum atomic E-state index is 12.3. The Morgan fingerprint density at radius 2 is 1.94 bits per heavy atom. The van der Waals surface area contributed by atoms with E-state index in [0.717, 1.165) is 31.4 Å². The topological polar surface area (TPSA) is 59.8 Å². The summed E-state index contributed by atoms with van der Waals surface area (Å²) in [5, 5.41) is 13.5. The van der Waals surface area contributed by atoms with Crippen LogP contribution in [-0.4, -0.2) is 20.7 Å². The number of carbonyl (C=O) groups excluding carboxylic acids is 1. The lowest BCUT2D eigenvalue weighted by atomic mass is 10.1. The van der Waals surface area contributed by atoms with Crippen LogP contribution in [0.5, 0.6) is 0 Å². The van der Waals surface area contributed by atoms with Crippen molar-refractivity contribution in [2.75, 3.05) is 0 Å². The molecule has 0 spiro atoms. The molecule has 0 unspecified atom stereocenters. The molecule has 1 amide bonds. The van der Waals surface area contributed by atoms with Gasteiger partial charge in [0.15, 0.2) is 11.0 Å². The van der Waals surface area contributed by atoms with Crippen LogP contribution in [0.25, 0.3) is 5.69 Å². The molecule has 1 N–H and O–H groups in total. The highest BCUT2D eigenvalue weighted by Gasteiger charge is 2.18. The molecule has 8 heteroatoms. The predicted molar refractivity (Wildman–Crippen MR) is 133 cm³/mol. The average Bonchev–Trinajstić information content (AvgIpc) is 3.18. The van der Waals surface area contributed by atoms with Gasteiger partial charge >= 0.3 is 0 Å². The second-order valence-electron chi connectivity index (χ2n) is 7.70. The highest BCUT2D eigenvalue weighted by Crippen LogP contribution is 2.31. The van der Waals surface area contributed by atoms with Crippen molar-refractivity contribution in [2.45, 2.75) is 63.4 Å². The highest BCUT2D eigenvalue weighted by molar-refractivity contribution is 7.98. The van der Waals surface area contributed by atoms with E-state index in [0.29, 0.717) is 33.1 Å². The molecule has 0 aliphatic rings. The smallest absolute Gasteiger partial charge is 0.220 e. The van der Waals surface area contributed by atoms with Crippen LogP contribution in [0, 0.1) is 6.92 Å². The van der Waals surface area contributed by atoms with Crippen LogP contribution in [0.2, 0.25) is 10.0 Å². The van der Waals surface area contributed by atoms with Gasteiger partial charge in [0.2, 0.25) is 5.91 Å². The first-order valence-electron chi connectivity index (χ1n) is 10.8. The Bertz CT molecular complexity index is 1050. The maximum absolute atomic E-state index is 12.3. The van der Waals surface area contributed by atoms with Crippen molar-refractivity contribution in [3.63, 3.8) is 0 Å². The van der Waals surface area contributed by atoms with E-state index in [9.17, 15) is 4.79 Å². The van der Waals surface area contributed by atoms with E-state index >= 15 is 0 Å². The molecule has 170 valence electrons. The minimum absolute atomic E-state index is 0.0156. The number of aryl methyl sites for hydroxylation is 1. The molecule has 32 heavy (non-hydrogen) atoms. The first-order valence-corrected chi connectivity index (χ1v) is 12.6. The fraction of sp³-hybridized carbons (Fsp3) is 0.375. The molecule has 0 saturated heterocycles. The van der Waals surface area contributed by atoms with E-state index in [-0.39, 0.29) is 12.5 Å². The van der Waals surface area contributed by atoms with E-state index < -0.39 is 0 Å². The van der Waals surface area contributed by atoms with E-state index in [2.05, 4.69) is 47.6 Å². The second-order valence-corrected chi connectivity index (χ2v) is 9.48. The molecule has 2 aromatic carbocycles. The second kappa shape index (κ2) is 12.3. The van der Waals surface area contributed by atoms with Crippen molar-refractivity contribution in [1.82, 2.24) is 20.1 Å². The number of unbranched alkanes of at least 4 members (excludes halogenated alkanes) is 3. The zero-order valence-corrected chi connectivity index (χ0v) is 20.7. The summed E-state index contributed by atoms with van der Waals surface area (Å²) in [5.74, 6) is 1.37. The third-order valence-electron chi connectivity index (χ3n) is 5.00. The number of aromatic nitrogens is 3. The fourth-order valence-electron chi connectivity index (χ4n) is 3.34. The zero-order chi connectivity index (χ0) is 22.9. The SMILES string of the molecule is CCCCCCC(=O)NCc1nnc(SCc2cccc(C)c2)n1-c1cc(Cl)ccc1Cl. The summed E-state index contributed by atoms with van der Waals surface area (Å²) in [6.45, 7) is 4.50. The van der Waals surface area contributed by atoms with Crippen molar-refractivity contribution in [3.8, 4) is 5.69 Å². The number of rotatable bonds is 11. The van der Waals surface area contributed by atoms with Gasteiger partial charge in [-0.05, 0) is 37.1 Å². The van der Waals surface area contributed by atoms with Crippen LogP contribution >= 0.6 is 35.0 Å². The van der Waals surface area contributed by atoms with Gasteiger partial charge in [0.25, 0.3) is 0 Å². The first kappa shape index (κ1) is 24.6. The molecule has 1 aromatic heterocycles. The van der Waals surface area contributed by atoms with Gasteiger partial charge in [0.05, 0.1) is 17.3 Å². The first-order chi connectivity index (χ1) is 15.5. The van der Waals surface area contributed by atoms with Crippen molar-refractivity contribution in [1.29, 1.82) is 0 Å². The Labute approximate surface area is 203 Å². The van der Waals surface area contributed by atoms with Gasteiger partial charge in [-0.3, -0.25) is 9.36 Å².